The van der Waals surface area contributed by atoms with Crippen molar-refractivity contribution in [1.29, 1.82) is 0 Å². The van der Waals surface area contributed by atoms with E-state index in [2.05, 4.69) is 42.3 Å². The first-order valence-corrected chi connectivity index (χ1v) is 6.16. The van der Waals surface area contributed by atoms with Gasteiger partial charge in [-0.1, -0.05) is 11.2 Å². The molecule has 1 N–H and O–H groups in total. The van der Waals surface area contributed by atoms with Gasteiger partial charge < -0.3 is 9.84 Å². The number of hydrogen-bond acceptors (Lipinski definition) is 4. The number of nitrogens with zero attached hydrogens (tertiary/aromatic N) is 2. The smallest absolute Gasteiger partial charge is 0.143 e. The molecule has 0 spiro atoms. The Morgan fingerprint density at radius 1 is 1.17 bits per heavy atom. The summed E-state index contributed by atoms with van der Waals surface area (Å²) in [6, 6.07) is 4.43. The summed E-state index contributed by atoms with van der Waals surface area (Å²) in [6.07, 6.45) is 0. The van der Waals surface area contributed by atoms with E-state index in [0.717, 1.165) is 34.1 Å². The minimum atomic E-state index is 0.358. The maximum Gasteiger partial charge on any atom is 0.143 e. The first-order valence-electron chi connectivity index (χ1n) is 6.16. The van der Waals surface area contributed by atoms with E-state index in [-0.39, 0.29) is 0 Å². The quantitative estimate of drug-likeness (QED) is 0.899. The molecule has 2 rings (SSSR count). The fraction of sp³-hybridized carbons (Fsp3) is 0.429. The highest BCUT2D eigenvalue weighted by Gasteiger charge is 2.14. The molecule has 0 aliphatic rings. The van der Waals surface area contributed by atoms with E-state index in [1.165, 1.54) is 0 Å². The van der Waals surface area contributed by atoms with Crippen molar-refractivity contribution in [2.75, 3.05) is 5.32 Å². The molecule has 0 radical (unpaired) electrons. The van der Waals surface area contributed by atoms with E-state index >= 15 is 0 Å². The lowest BCUT2D eigenvalue weighted by Crippen LogP contribution is -2.12. The predicted octanol–water partition coefficient (Wildman–Crippen LogP) is 3.48. The lowest BCUT2D eigenvalue weighted by Gasteiger charge is -2.13. The van der Waals surface area contributed by atoms with Crippen LogP contribution in [0.25, 0.3) is 11.3 Å². The maximum absolute atomic E-state index is 5.19. The lowest BCUT2D eigenvalue weighted by atomic mass is 10.1. The number of pyridine rings is 1. The molecule has 0 atom stereocenters. The molecule has 2 aromatic rings. The van der Waals surface area contributed by atoms with Gasteiger partial charge in [0, 0.05) is 6.04 Å². The van der Waals surface area contributed by atoms with Crippen LogP contribution in [0.15, 0.2) is 16.7 Å². The van der Waals surface area contributed by atoms with Crippen LogP contribution in [0.2, 0.25) is 0 Å². The van der Waals surface area contributed by atoms with Crippen LogP contribution in [0.4, 0.5) is 5.82 Å². The van der Waals surface area contributed by atoms with Gasteiger partial charge in [0.15, 0.2) is 0 Å². The van der Waals surface area contributed by atoms with Crippen molar-refractivity contribution in [1.82, 2.24) is 10.1 Å². The predicted molar refractivity (Wildman–Crippen MR) is 72.7 cm³/mol. The fourth-order valence-electron chi connectivity index (χ4n) is 1.94. The van der Waals surface area contributed by atoms with Gasteiger partial charge in [0.25, 0.3) is 0 Å². The summed E-state index contributed by atoms with van der Waals surface area (Å²) in [6.45, 7) is 10.1. The molecule has 0 aromatic carbocycles. The second kappa shape index (κ2) is 4.80. The van der Waals surface area contributed by atoms with Crippen LogP contribution in [-0.2, 0) is 0 Å². The third kappa shape index (κ3) is 2.37. The minimum absolute atomic E-state index is 0.358. The maximum atomic E-state index is 5.19. The summed E-state index contributed by atoms with van der Waals surface area (Å²) in [5.74, 6) is 1.72. The van der Waals surface area contributed by atoms with Crippen LogP contribution < -0.4 is 5.32 Å². The Hall–Kier alpha value is -1.84. The van der Waals surface area contributed by atoms with E-state index in [1.54, 1.807) is 0 Å². The topological polar surface area (TPSA) is 51.0 Å². The van der Waals surface area contributed by atoms with Gasteiger partial charge in [0.2, 0.25) is 0 Å². The Morgan fingerprint density at radius 2 is 1.89 bits per heavy atom. The van der Waals surface area contributed by atoms with E-state index in [1.807, 2.05) is 19.9 Å². The van der Waals surface area contributed by atoms with Crippen LogP contribution >= 0.6 is 0 Å². The molecule has 18 heavy (non-hydrogen) atoms. The van der Waals surface area contributed by atoms with Gasteiger partial charge in [-0.25, -0.2) is 4.98 Å². The Labute approximate surface area is 107 Å². The molecule has 4 nitrogen and oxygen atoms in total. The lowest BCUT2D eigenvalue weighted by molar-refractivity contribution is 0.393. The zero-order valence-corrected chi connectivity index (χ0v) is 11.5. The highest BCUT2D eigenvalue weighted by atomic mass is 16.5. The van der Waals surface area contributed by atoms with Crippen molar-refractivity contribution in [2.45, 2.75) is 40.7 Å². The Bertz CT molecular complexity index is 539. The third-order valence-electron chi connectivity index (χ3n) is 2.81. The molecule has 0 amide bonds. The molecule has 2 heterocycles. The first kappa shape index (κ1) is 12.6. The number of anilines is 1. The zero-order valence-electron chi connectivity index (χ0n) is 11.5. The largest absolute Gasteiger partial charge is 0.368 e. The summed E-state index contributed by atoms with van der Waals surface area (Å²) < 4.78 is 5.19. The molecule has 2 aromatic heterocycles. The number of hydrogen-bond donors (Lipinski definition) is 1. The number of nitrogens with one attached hydrogen (secondary N) is 1. The zero-order chi connectivity index (χ0) is 13.3. The third-order valence-corrected chi connectivity index (χ3v) is 2.81. The van der Waals surface area contributed by atoms with E-state index in [9.17, 15) is 0 Å². The van der Waals surface area contributed by atoms with Crippen LogP contribution in [0.1, 0.15) is 30.9 Å². The van der Waals surface area contributed by atoms with E-state index in [4.69, 9.17) is 4.52 Å². The van der Waals surface area contributed by atoms with Crippen molar-refractivity contribution in [2.24, 2.45) is 0 Å². The highest BCUT2D eigenvalue weighted by molar-refractivity contribution is 5.66. The standard InChI is InChI=1S/C14H19N3O/c1-8(2)15-14-9(3)6-7-12(16-14)13-10(4)17-18-11(13)5/h6-8H,1-5H3,(H,15,16). The number of aryl methyl sites for hydroxylation is 3. The van der Waals surface area contributed by atoms with Gasteiger partial charge >= 0.3 is 0 Å². The van der Waals surface area contributed by atoms with Gasteiger partial charge in [0.1, 0.15) is 11.6 Å². The van der Waals surface area contributed by atoms with Crippen LogP contribution in [0, 0.1) is 20.8 Å². The van der Waals surface area contributed by atoms with Gasteiger partial charge in [0.05, 0.1) is 17.0 Å². The second-order valence-corrected chi connectivity index (χ2v) is 4.86. The molecule has 0 aliphatic heterocycles. The average molecular weight is 245 g/mol. The van der Waals surface area contributed by atoms with E-state index < -0.39 is 0 Å². The molecule has 0 aliphatic carbocycles. The average Bonchev–Trinajstić information content (AvgIpc) is 2.62. The Morgan fingerprint density at radius 3 is 2.44 bits per heavy atom. The van der Waals surface area contributed by atoms with E-state index in [0.29, 0.717) is 6.04 Å². The molecule has 0 bridgehead atoms. The van der Waals surface area contributed by atoms with Crippen LogP contribution in [0.3, 0.4) is 0 Å². The molecular weight excluding hydrogens is 226 g/mol. The van der Waals surface area contributed by atoms with Crippen molar-refractivity contribution in [3.63, 3.8) is 0 Å². The summed E-state index contributed by atoms with van der Waals surface area (Å²) in [5.41, 5.74) is 3.90. The summed E-state index contributed by atoms with van der Waals surface area (Å²) >= 11 is 0. The summed E-state index contributed by atoms with van der Waals surface area (Å²) in [4.78, 5) is 4.67. The van der Waals surface area contributed by atoms with Gasteiger partial charge in [-0.05, 0) is 46.2 Å². The monoisotopic (exact) mass is 245 g/mol. The highest BCUT2D eigenvalue weighted by Crippen LogP contribution is 2.27. The molecule has 96 valence electrons. The molecule has 0 saturated carbocycles. The molecule has 4 heteroatoms. The Kier molecular flexibility index (Phi) is 3.36. The van der Waals surface area contributed by atoms with Gasteiger partial charge in [-0.15, -0.1) is 0 Å². The SMILES string of the molecule is Cc1ccc(-c2c(C)noc2C)nc1NC(C)C. The Balaban J connectivity index is 2.47. The number of rotatable bonds is 3. The van der Waals surface area contributed by atoms with Crippen molar-refractivity contribution in [3.8, 4) is 11.3 Å². The van der Waals surface area contributed by atoms with Gasteiger partial charge in [-0.3, -0.25) is 0 Å². The molecule has 0 saturated heterocycles. The number of aromatic nitrogens is 2. The summed E-state index contributed by atoms with van der Waals surface area (Å²) in [7, 11) is 0. The van der Waals surface area contributed by atoms with Crippen LogP contribution in [0.5, 0.6) is 0 Å². The second-order valence-electron chi connectivity index (χ2n) is 4.86. The first-order chi connectivity index (χ1) is 8.49. The van der Waals surface area contributed by atoms with Crippen molar-refractivity contribution in [3.05, 3.63) is 29.2 Å². The summed E-state index contributed by atoms with van der Waals surface area (Å²) in [5, 5.41) is 7.32. The van der Waals surface area contributed by atoms with Crippen LogP contribution in [-0.4, -0.2) is 16.2 Å². The van der Waals surface area contributed by atoms with Crippen molar-refractivity contribution >= 4 is 5.82 Å². The molecular formula is C14H19N3O. The van der Waals surface area contributed by atoms with Crippen molar-refractivity contribution < 1.29 is 4.52 Å². The fourth-order valence-corrected chi connectivity index (χ4v) is 1.94. The molecule has 0 unspecified atom stereocenters. The normalized spacial score (nSPS) is 11.0. The minimum Gasteiger partial charge on any atom is -0.368 e. The molecule has 0 fully saturated rings. The van der Waals surface area contributed by atoms with Gasteiger partial charge in [-0.2, -0.15) is 0 Å².